The van der Waals surface area contributed by atoms with E-state index in [2.05, 4.69) is 37.4 Å². The molecule has 0 aliphatic carbocycles. The largest absolute Gasteiger partial charge is 0.457 e. The average Bonchev–Trinajstić information content (AvgIpc) is 2.48. The molecule has 1 atom stereocenters. The summed E-state index contributed by atoms with van der Waals surface area (Å²) in [6.07, 6.45) is 1.05. The van der Waals surface area contributed by atoms with Crippen LogP contribution < -0.4 is 10.1 Å². The fraction of sp³-hybridized carbons (Fsp3) is 0.294. The van der Waals surface area contributed by atoms with Gasteiger partial charge >= 0.3 is 0 Å². The molecule has 100 valence electrons. The Kier molecular flexibility index (Phi) is 4.58. The van der Waals surface area contributed by atoms with Gasteiger partial charge < -0.3 is 10.1 Å². The van der Waals surface area contributed by atoms with Gasteiger partial charge in [0.25, 0.3) is 0 Å². The van der Waals surface area contributed by atoms with Gasteiger partial charge in [-0.25, -0.2) is 0 Å². The summed E-state index contributed by atoms with van der Waals surface area (Å²) >= 11 is 0. The van der Waals surface area contributed by atoms with E-state index in [9.17, 15) is 0 Å². The van der Waals surface area contributed by atoms with Crippen molar-refractivity contribution in [3.8, 4) is 11.5 Å². The minimum absolute atomic E-state index is 0.270. The van der Waals surface area contributed by atoms with Crippen LogP contribution in [0, 0.1) is 0 Å². The van der Waals surface area contributed by atoms with Gasteiger partial charge in [-0.15, -0.1) is 0 Å². The Bertz CT molecular complexity index is 519. The second-order valence-electron chi connectivity index (χ2n) is 4.65. The van der Waals surface area contributed by atoms with Crippen molar-refractivity contribution in [1.29, 1.82) is 0 Å². The third kappa shape index (κ3) is 3.36. The number of aryl methyl sites for hydroxylation is 1. The Morgan fingerprint density at radius 3 is 2.37 bits per heavy atom. The highest BCUT2D eigenvalue weighted by Gasteiger charge is 2.09. The van der Waals surface area contributed by atoms with Crippen molar-refractivity contribution in [1.82, 2.24) is 5.32 Å². The highest BCUT2D eigenvalue weighted by Crippen LogP contribution is 2.29. The quantitative estimate of drug-likeness (QED) is 0.859. The molecule has 19 heavy (non-hydrogen) atoms. The molecular weight excluding hydrogens is 234 g/mol. The maximum absolute atomic E-state index is 5.99. The molecule has 0 fully saturated rings. The molecule has 0 amide bonds. The molecule has 0 saturated heterocycles. The summed E-state index contributed by atoms with van der Waals surface area (Å²) in [6, 6.07) is 16.7. The van der Waals surface area contributed by atoms with Gasteiger partial charge in [0, 0.05) is 11.6 Å². The van der Waals surface area contributed by atoms with Gasteiger partial charge in [-0.05, 0) is 44.2 Å². The van der Waals surface area contributed by atoms with E-state index in [4.69, 9.17) is 4.74 Å². The Morgan fingerprint density at radius 2 is 1.74 bits per heavy atom. The summed E-state index contributed by atoms with van der Waals surface area (Å²) in [4.78, 5) is 0. The number of hydrogen-bond acceptors (Lipinski definition) is 2. The van der Waals surface area contributed by atoms with Crippen LogP contribution in [0.4, 0.5) is 0 Å². The topological polar surface area (TPSA) is 21.3 Å². The standard InChI is InChI=1S/C17H21NO/c1-4-14-9-11-15(12-10-14)19-17-8-6-5-7-16(17)13(2)18-3/h5-13,18H,4H2,1-3H3. The molecule has 0 radical (unpaired) electrons. The van der Waals surface area contributed by atoms with Crippen molar-refractivity contribution in [3.63, 3.8) is 0 Å². The Hall–Kier alpha value is -1.80. The Morgan fingerprint density at radius 1 is 1.05 bits per heavy atom. The molecule has 0 heterocycles. The van der Waals surface area contributed by atoms with Crippen molar-refractivity contribution in [3.05, 3.63) is 59.7 Å². The van der Waals surface area contributed by atoms with E-state index in [1.165, 1.54) is 11.1 Å². The van der Waals surface area contributed by atoms with E-state index in [-0.39, 0.29) is 6.04 Å². The minimum Gasteiger partial charge on any atom is -0.457 e. The van der Waals surface area contributed by atoms with Gasteiger partial charge in [-0.2, -0.15) is 0 Å². The van der Waals surface area contributed by atoms with Crippen LogP contribution in [0.5, 0.6) is 11.5 Å². The van der Waals surface area contributed by atoms with E-state index in [0.717, 1.165) is 17.9 Å². The van der Waals surface area contributed by atoms with Crippen molar-refractivity contribution in [2.45, 2.75) is 26.3 Å². The van der Waals surface area contributed by atoms with Gasteiger partial charge in [-0.1, -0.05) is 37.3 Å². The maximum Gasteiger partial charge on any atom is 0.132 e. The van der Waals surface area contributed by atoms with E-state index in [0.29, 0.717) is 0 Å². The first-order chi connectivity index (χ1) is 9.24. The van der Waals surface area contributed by atoms with Gasteiger partial charge in [0.15, 0.2) is 0 Å². The Balaban J connectivity index is 2.22. The van der Waals surface area contributed by atoms with Crippen molar-refractivity contribution in [2.24, 2.45) is 0 Å². The lowest BCUT2D eigenvalue weighted by atomic mass is 10.1. The molecule has 2 aromatic carbocycles. The summed E-state index contributed by atoms with van der Waals surface area (Å²) in [5, 5.41) is 3.25. The molecular formula is C17H21NO. The first-order valence-corrected chi connectivity index (χ1v) is 6.77. The van der Waals surface area contributed by atoms with Crippen LogP contribution in [0.3, 0.4) is 0 Å². The van der Waals surface area contributed by atoms with E-state index in [1.54, 1.807) is 0 Å². The second kappa shape index (κ2) is 6.39. The molecule has 0 spiro atoms. The van der Waals surface area contributed by atoms with Crippen LogP contribution in [0.1, 0.15) is 31.0 Å². The number of benzene rings is 2. The lowest BCUT2D eigenvalue weighted by Crippen LogP contribution is -2.13. The molecule has 0 bridgehead atoms. The van der Waals surface area contributed by atoms with Crippen molar-refractivity contribution >= 4 is 0 Å². The number of para-hydroxylation sites is 1. The number of hydrogen-bond donors (Lipinski definition) is 1. The smallest absolute Gasteiger partial charge is 0.132 e. The van der Waals surface area contributed by atoms with Crippen LogP contribution in [-0.2, 0) is 6.42 Å². The fourth-order valence-electron chi connectivity index (χ4n) is 2.01. The van der Waals surface area contributed by atoms with Gasteiger partial charge in [0.2, 0.25) is 0 Å². The molecule has 1 unspecified atom stereocenters. The van der Waals surface area contributed by atoms with Gasteiger partial charge in [-0.3, -0.25) is 0 Å². The predicted molar refractivity (Wildman–Crippen MR) is 79.8 cm³/mol. The summed E-state index contributed by atoms with van der Waals surface area (Å²) in [6.45, 7) is 4.28. The highest BCUT2D eigenvalue weighted by molar-refractivity contribution is 5.40. The predicted octanol–water partition coefficient (Wildman–Crippen LogP) is 4.32. The average molecular weight is 255 g/mol. The molecule has 0 aliphatic heterocycles. The van der Waals surface area contributed by atoms with Crippen molar-refractivity contribution < 1.29 is 4.74 Å². The normalized spacial score (nSPS) is 12.2. The number of nitrogens with one attached hydrogen (secondary N) is 1. The van der Waals surface area contributed by atoms with Crippen LogP contribution in [0.2, 0.25) is 0 Å². The maximum atomic E-state index is 5.99. The number of ether oxygens (including phenoxy) is 1. The second-order valence-corrected chi connectivity index (χ2v) is 4.65. The lowest BCUT2D eigenvalue weighted by Gasteiger charge is -2.16. The van der Waals surface area contributed by atoms with Crippen LogP contribution in [-0.4, -0.2) is 7.05 Å². The molecule has 0 aliphatic rings. The van der Waals surface area contributed by atoms with Gasteiger partial charge in [0.05, 0.1) is 0 Å². The first-order valence-electron chi connectivity index (χ1n) is 6.77. The summed E-state index contributed by atoms with van der Waals surface area (Å²) in [5.74, 6) is 1.79. The number of rotatable bonds is 5. The summed E-state index contributed by atoms with van der Waals surface area (Å²) < 4.78 is 5.99. The lowest BCUT2D eigenvalue weighted by molar-refractivity contribution is 0.466. The van der Waals surface area contributed by atoms with Gasteiger partial charge in [0.1, 0.15) is 11.5 Å². The Labute approximate surface area is 115 Å². The molecule has 2 aromatic rings. The van der Waals surface area contributed by atoms with Crippen molar-refractivity contribution in [2.75, 3.05) is 7.05 Å². The third-order valence-corrected chi connectivity index (χ3v) is 3.38. The molecule has 1 N–H and O–H groups in total. The SMILES string of the molecule is CCc1ccc(Oc2ccccc2C(C)NC)cc1. The van der Waals surface area contributed by atoms with Crippen LogP contribution in [0.25, 0.3) is 0 Å². The van der Waals surface area contributed by atoms with Crippen LogP contribution >= 0.6 is 0 Å². The van der Waals surface area contributed by atoms with E-state index in [1.807, 2.05) is 37.4 Å². The fourth-order valence-corrected chi connectivity index (χ4v) is 2.01. The third-order valence-electron chi connectivity index (χ3n) is 3.38. The highest BCUT2D eigenvalue weighted by atomic mass is 16.5. The summed E-state index contributed by atoms with van der Waals surface area (Å²) in [5.41, 5.74) is 2.49. The molecule has 2 rings (SSSR count). The molecule has 0 saturated carbocycles. The molecule has 0 aromatic heterocycles. The minimum atomic E-state index is 0.270. The van der Waals surface area contributed by atoms with Crippen LogP contribution in [0.15, 0.2) is 48.5 Å². The van der Waals surface area contributed by atoms with E-state index < -0.39 is 0 Å². The monoisotopic (exact) mass is 255 g/mol. The molecule has 2 heteroatoms. The first kappa shape index (κ1) is 13.6. The van der Waals surface area contributed by atoms with E-state index >= 15 is 0 Å². The zero-order valence-electron chi connectivity index (χ0n) is 11.8. The zero-order chi connectivity index (χ0) is 13.7. The zero-order valence-corrected chi connectivity index (χ0v) is 11.8. The summed E-state index contributed by atoms with van der Waals surface area (Å²) in [7, 11) is 1.96. The molecule has 2 nitrogen and oxygen atoms in total.